The quantitative estimate of drug-likeness (QED) is 0.678. The normalized spacial score (nSPS) is 16.5. The van der Waals surface area contributed by atoms with E-state index in [4.69, 9.17) is 9.47 Å². The van der Waals surface area contributed by atoms with Gasteiger partial charge in [0.1, 0.15) is 0 Å². The van der Waals surface area contributed by atoms with Gasteiger partial charge < -0.3 is 25.2 Å². The Hall–Kier alpha value is -3.22. The van der Waals surface area contributed by atoms with Crippen molar-refractivity contribution in [2.45, 2.75) is 25.3 Å². The van der Waals surface area contributed by atoms with Crippen LogP contribution in [-0.2, 0) is 4.79 Å². The molecule has 2 aromatic rings. The monoisotopic (exact) mass is 384 g/mol. The molecule has 1 heterocycles. The molecule has 0 spiro atoms. The largest absolute Gasteiger partial charge is 0.493 e. The van der Waals surface area contributed by atoms with E-state index in [0.29, 0.717) is 34.9 Å². The van der Waals surface area contributed by atoms with Crippen molar-refractivity contribution in [1.82, 2.24) is 5.32 Å². The van der Waals surface area contributed by atoms with Gasteiger partial charge in [-0.1, -0.05) is 19.1 Å². The Labute approximate surface area is 163 Å². The Morgan fingerprint density at radius 3 is 2.61 bits per heavy atom. The van der Waals surface area contributed by atoms with Crippen molar-refractivity contribution in [1.29, 1.82) is 0 Å². The van der Waals surface area contributed by atoms with Crippen LogP contribution in [0.3, 0.4) is 0 Å². The van der Waals surface area contributed by atoms with E-state index < -0.39 is 12.0 Å². The molecule has 7 heteroatoms. The summed E-state index contributed by atoms with van der Waals surface area (Å²) in [6.45, 7) is 2.70. The molecule has 0 saturated heterocycles. The van der Waals surface area contributed by atoms with E-state index >= 15 is 0 Å². The molecule has 2 aromatic carbocycles. The minimum atomic E-state index is -1.04. The van der Waals surface area contributed by atoms with Gasteiger partial charge in [0.15, 0.2) is 17.5 Å². The van der Waals surface area contributed by atoms with E-state index in [1.807, 2.05) is 12.1 Å². The fourth-order valence-electron chi connectivity index (χ4n) is 3.47. The second kappa shape index (κ2) is 8.21. The number of rotatable bonds is 7. The first kappa shape index (κ1) is 19.5. The van der Waals surface area contributed by atoms with Crippen LogP contribution < -0.4 is 20.1 Å². The summed E-state index contributed by atoms with van der Waals surface area (Å²) in [5, 5.41) is 15.6. The van der Waals surface area contributed by atoms with Crippen molar-refractivity contribution in [2.75, 3.05) is 26.1 Å². The number of ether oxygens (including phenoxy) is 2. The number of carbonyl (C=O) groups is 2. The number of carboxylic acids is 1. The highest BCUT2D eigenvalue weighted by molar-refractivity contribution is 5.98. The first-order valence-electron chi connectivity index (χ1n) is 9.11. The predicted molar refractivity (Wildman–Crippen MR) is 105 cm³/mol. The van der Waals surface area contributed by atoms with E-state index in [-0.39, 0.29) is 11.8 Å². The number of benzene rings is 2. The lowest BCUT2D eigenvalue weighted by molar-refractivity contribution is -0.138. The third kappa shape index (κ3) is 3.74. The molecule has 0 aromatic heterocycles. The number of amides is 1. The summed E-state index contributed by atoms with van der Waals surface area (Å²) in [5.74, 6) is 0.0557. The maximum absolute atomic E-state index is 12.3. The first-order chi connectivity index (χ1) is 13.5. The zero-order chi connectivity index (χ0) is 20.3. The fourth-order valence-corrected chi connectivity index (χ4v) is 3.47. The molecule has 0 radical (unpaired) electrons. The van der Waals surface area contributed by atoms with Crippen molar-refractivity contribution >= 4 is 17.6 Å². The van der Waals surface area contributed by atoms with Crippen LogP contribution in [0, 0.1) is 0 Å². The summed E-state index contributed by atoms with van der Waals surface area (Å²) in [6.07, 6.45) is 0.920. The average molecular weight is 384 g/mol. The first-order valence-corrected chi connectivity index (χ1v) is 9.11. The zero-order valence-electron chi connectivity index (χ0n) is 16.1. The molecule has 0 aliphatic carbocycles. The highest BCUT2D eigenvalue weighted by Gasteiger charge is 2.26. The minimum absolute atomic E-state index is 0.138. The molecular formula is C21H24N2O5. The van der Waals surface area contributed by atoms with Crippen LogP contribution in [0.2, 0.25) is 0 Å². The van der Waals surface area contributed by atoms with Crippen molar-refractivity contribution in [2.24, 2.45) is 0 Å². The van der Waals surface area contributed by atoms with Crippen LogP contribution in [0.5, 0.6) is 11.5 Å². The number of aliphatic carboxylic acids is 1. The summed E-state index contributed by atoms with van der Waals surface area (Å²) in [6, 6.07) is 9.39. The number of methoxy groups -OCH3 is 2. The number of anilines is 1. The summed E-state index contributed by atoms with van der Waals surface area (Å²) in [5.41, 5.74) is 2.65. The molecule has 3 rings (SSSR count). The number of carboxylic acid groups (broad SMARTS) is 1. The molecule has 1 amide bonds. The molecule has 0 bridgehead atoms. The van der Waals surface area contributed by atoms with Gasteiger partial charge in [0.25, 0.3) is 5.91 Å². The van der Waals surface area contributed by atoms with Gasteiger partial charge in [-0.25, -0.2) is 4.79 Å². The maximum Gasteiger partial charge on any atom is 0.330 e. The smallest absolute Gasteiger partial charge is 0.330 e. The molecule has 1 aliphatic heterocycles. The van der Waals surface area contributed by atoms with Crippen molar-refractivity contribution in [3.8, 4) is 11.5 Å². The molecule has 3 N–H and O–H groups in total. The topological polar surface area (TPSA) is 96.9 Å². The number of fused-ring (bicyclic) bond motifs is 1. The molecule has 148 valence electrons. The van der Waals surface area contributed by atoms with E-state index in [0.717, 1.165) is 12.0 Å². The molecule has 7 nitrogen and oxygen atoms in total. The Morgan fingerprint density at radius 1 is 1.21 bits per heavy atom. The molecule has 1 aliphatic rings. The fraction of sp³-hybridized carbons (Fsp3) is 0.333. The van der Waals surface area contributed by atoms with Gasteiger partial charge in [-0.05, 0) is 41.8 Å². The predicted octanol–water partition coefficient (Wildman–Crippen LogP) is 3.18. The van der Waals surface area contributed by atoms with Crippen molar-refractivity contribution in [3.63, 3.8) is 0 Å². The standard InChI is InChI=1S/C21H24N2O5/c1-4-12-11-22-20(24)16-10-14(6-7-15(12)16)23-19(21(25)26)13-5-8-17(27-2)18(9-13)28-3/h5-10,12,19,23H,4,11H2,1-3H3,(H,22,24)(H,25,26)/t12-,19?/m1/s1. The van der Waals surface area contributed by atoms with Gasteiger partial charge >= 0.3 is 5.97 Å². The highest BCUT2D eigenvalue weighted by atomic mass is 16.5. The molecule has 0 fully saturated rings. The Bertz CT molecular complexity index is 896. The molecular weight excluding hydrogens is 360 g/mol. The lowest BCUT2D eigenvalue weighted by Gasteiger charge is -2.26. The lowest BCUT2D eigenvalue weighted by atomic mass is 9.88. The lowest BCUT2D eigenvalue weighted by Crippen LogP contribution is -2.35. The summed E-state index contributed by atoms with van der Waals surface area (Å²) < 4.78 is 10.5. The Balaban J connectivity index is 1.93. The third-order valence-electron chi connectivity index (χ3n) is 5.04. The van der Waals surface area contributed by atoms with Gasteiger partial charge in [-0.2, -0.15) is 0 Å². The SMILES string of the molecule is CC[C@@H]1CNC(=O)c2cc(NC(C(=O)O)c3ccc(OC)c(OC)c3)ccc21. The highest BCUT2D eigenvalue weighted by Crippen LogP contribution is 2.33. The second-order valence-corrected chi connectivity index (χ2v) is 6.65. The van der Waals surface area contributed by atoms with Gasteiger partial charge in [0.05, 0.1) is 14.2 Å². The summed E-state index contributed by atoms with van der Waals surface area (Å²) >= 11 is 0. The molecule has 0 saturated carbocycles. The van der Waals surface area contributed by atoms with Gasteiger partial charge in [0.2, 0.25) is 0 Å². The molecule has 2 atom stereocenters. The van der Waals surface area contributed by atoms with E-state index in [1.54, 1.807) is 24.3 Å². The molecule has 1 unspecified atom stereocenters. The van der Waals surface area contributed by atoms with Crippen LogP contribution in [0.15, 0.2) is 36.4 Å². The average Bonchev–Trinajstić information content (AvgIpc) is 2.71. The van der Waals surface area contributed by atoms with E-state index in [1.165, 1.54) is 14.2 Å². The van der Waals surface area contributed by atoms with Gasteiger partial charge in [-0.15, -0.1) is 0 Å². The van der Waals surface area contributed by atoms with Crippen LogP contribution in [0.4, 0.5) is 5.69 Å². The number of hydrogen-bond donors (Lipinski definition) is 3. The number of nitrogens with one attached hydrogen (secondary N) is 2. The van der Waals surface area contributed by atoms with Crippen molar-refractivity contribution < 1.29 is 24.2 Å². The summed E-state index contributed by atoms with van der Waals surface area (Å²) in [7, 11) is 3.02. The van der Waals surface area contributed by atoms with Crippen molar-refractivity contribution in [3.05, 3.63) is 53.1 Å². The minimum Gasteiger partial charge on any atom is -0.493 e. The summed E-state index contributed by atoms with van der Waals surface area (Å²) in [4.78, 5) is 24.2. The van der Waals surface area contributed by atoms with E-state index in [9.17, 15) is 14.7 Å². The van der Waals surface area contributed by atoms with Crippen LogP contribution in [0.25, 0.3) is 0 Å². The Kier molecular flexibility index (Phi) is 5.73. The van der Waals surface area contributed by atoms with Crippen LogP contribution >= 0.6 is 0 Å². The maximum atomic E-state index is 12.3. The number of hydrogen-bond acceptors (Lipinski definition) is 5. The second-order valence-electron chi connectivity index (χ2n) is 6.65. The Morgan fingerprint density at radius 2 is 1.96 bits per heavy atom. The zero-order valence-corrected chi connectivity index (χ0v) is 16.1. The third-order valence-corrected chi connectivity index (χ3v) is 5.04. The van der Waals surface area contributed by atoms with Crippen LogP contribution in [-0.4, -0.2) is 37.7 Å². The van der Waals surface area contributed by atoms with Gasteiger partial charge in [0, 0.05) is 23.7 Å². The van der Waals surface area contributed by atoms with Gasteiger partial charge in [-0.3, -0.25) is 4.79 Å². The molecule has 28 heavy (non-hydrogen) atoms. The van der Waals surface area contributed by atoms with E-state index in [2.05, 4.69) is 17.6 Å². The van der Waals surface area contributed by atoms with Crippen LogP contribution in [0.1, 0.15) is 46.8 Å². The number of carbonyl (C=O) groups excluding carboxylic acids is 1.